The molecule has 2 aromatic carbocycles. The van der Waals surface area contributed by atoms with Crippen LogP contribution in [-0.4, -0.2) is 22.3 Å². The normalized spacial score (nSPS) is 10.4. The Kier molecular flexibility index (Phi) is 4.61. The van der Waals surface area contributed by atoms with Crippen molar-refractivity contribution in [1.29, 1.82) is 0 Å². The van der Waals surface area contributed by atoms with E-state index in [-0.39, 0.29) is 12.5 Å². The third-order valence-electron chi connectivity index (χ3n) is 3.79. The maximum atomic E-state index is 12.0. The van der Waals surface area contributed by atoms with Gasteiger partial charge in [0.15, 0.2) is 12.4 Å². The lowest BCUT2D eigenvalue weighted by Gasteiger charge is -2.10. The van der Waals surface area contributed by atoms with Crippen LogP contribution in [0.2, 0.25) is 0 Å². The fraction of sp³-hybridized carbons (Fsp3) is 0.158. The number of para-hydroxylation sites is 1. The van der Waals surface area contributed by atoms with E-state index >= 15 is 0 Å². The lowest BCUT2D eigenvalue weighted by atomic mass is 10.1. The Bertz CT molecular complexity index is 841. The Hall–Kier alpha value is -3.08. The third kappa shape index (κ3) is 3.63. The molecule has 1 N–H and O–H groups in total. The molecule has 0 saturated heterocycles. The first-order valence-electron chi connectivity index (χ1n) is 7.73. The van der Waals surface area contributed by atoms with Gasteiger partial charge in [0.2, 0.25) is 0 Å². The summed E-state index contributed by atoms with van der Waals surface area (Å²) in [5, 5.41) is 7.08. The maximum Gasteiger partial charge on any atom is 0.263 e. The van der Waals surface area contributed by atoms with Gasteiger partial charge in [0.05, 0.1) is 5.69 Å². The number of aromatic nitrogens is 2. The van der Waals surface area contributed by atoms with Crippen LogP contribution in [0.5, 0.6) is 5.75 Å². The number of ether oxygens (including phenoxy) is 1. The molecule has 0 bridgehead atoms. The highest BCUT2D eigenvalue weighted by Gasteiger charge is 2.08. The van der Waals surface area contributed by atoms with Crippen molar-refractivity contribution in [3.8, 4) is 11.4 Å². The SMILES string of the molecule is Cc1cccc(OCC(=O)Nc2ccn(-c3ccccc3)n2)c1C. The number of hydrogen-bond acceptors (Lipinski definition) is 3. The molecule has 0 spiro atoms. The van der Waals surface area contributed by atoms with Gasteiger partial charge in [0.1, 0.15) is 5.75 Å². The molecule has 3 rings (SSSR count). The van der Waals surface area contributed by atoms with Crippen molar-refractivity contribution in [2.75, 3.05) is 11.9 Å². The molecule has 0 atom stereocenters. The first-order chi connectivity index (χ1) is 11.6. The molecule has 0 unspecified atom stereocenters. The molecule has 1 aromatic heterocycles. The Morgan fingerprint density at radius 2 is 1.88 bits per heavy atom. The van der Waals surface area contributed by atoms with Crippen LogP contribution in [0, 0.1) is 13.8 Å². The molecule has 3 aromatic rings. The summed E-state index contributed by atoms with van der Waals surface area (Å²) in [6.45, 7) is 3.94. The van der Waals surface area contributed by atoms with E-state index in [4.69, 9.17) is 4.74 Å². The van der Waals surface area contributed by atoms with E-state index in [9.17, 15) is 4.79 Å². The number of aryl methyl sites for hydroxylation is 1. The quantitative estimate of drug-likeness (QED) is 0.782. The van der Waals surface area contributed by atoms with Gasteiger partial charge in [-0.25, -0.2) is 4.68 Å². The van der Waals surface area contributed by atoms with E-state index < -0.39 is 0 Å². The topological polar surface area (TPSA) is 56.1 Å². The zero-order valence-electron chi connectivity index (χ0n) is 13.7. The molecule has 1 heterocycles. The number of nitrogens with one attached hydrogen (secondary N) is 1. The number of carbonyl (C=O) groups excluding carboxylic acids is 1. The molecule has 0 fully saturated rings. The monoisotopic (exact) mass is 321 g/mol. The summed E-state index contributed by atoms with van der Waals surface area (Å²) in [7, 11) is 0. The third-order valence-corrected chi connectivity index (χ3v) is 3.79. The van der Waals surface area contributed by atoms with E-state index in [0.29, 0.717) is 5.82 Å². The molecule has 24 heavy (non-hydrogen) atoms. The second kappa shape index (κ2) is 7.00. The number of amides is 1. The summed E-state index contributed by atoms with van der Waals surface area (Å²) in [6, 6.07) is 17.3. The number of carbonyl (C=O) groups is 1. The number of benzene rings is 2. The molecule has 0 saturated carbocycles. The molecule has 5 nitrogen and oxygen atoms in total. The molecular formula is C19H19N3O2. The predicted octanol–water partition coefficient (Wildman–Crippen LogP) is 3.51. The summed E-state index contributed by atoms with van der Waals surface area (Å²) >= 11 is 0. The number of rotatable bonds is 5. The first kappa shape index (κ1) is 15.8. The predicted molar refractivity (Wildman–Crippen MR) is 93.6 cm³/mol. The second-order valence-corrected chi connectivity index (χ2v) is 5.52. The van der Waals surface area contributed by atoms with Gasteiger partial charge in [-0.15, -0.1) is 0 Å². The van der Waals surface area contributed by atoms with Crippen LogP contribution in [0.3, 0.4) is 0 Å². The van der Waals surface area contributed by atoms with Crippen LogP contribution in [0.1, 0.15) is 11.1 Å². The summed E-state index contributed by atoms with van der Waals surface area (Å²) in [6.07, 6.45) is 1.80. The fourth-order valence-electron chi connectivity index (χ4n) is 2.32. The van der Waals surface area contributed by atoms with E-state index in [0.717, 1.165) is 22.6 Å². The van der Waals surface area contributed by atoms with Gasteiger partial charge >= 0.3 is 0 Å². The second-order valence-electron chi connectivity index (χ2n) is 5.52. The van der Waals surface area contributed by atoms with Gasteiger partial charge in [-0.05, 0) is 43.2 Å². The van der Waals surface area contributed by atoms with Crippen LogP contribution in [0.25, 0.3) is 5.69 Å². The lowest BCUT2D eigenvalue weighted by molar-refractivity contribution is -0.118. The van der Waals surface area contributed by atoms with Crippen molar-refractivity contribution in [1.82, 2.24) is 9.78 Å². The van der Waals surface area contributed by atoms with Crippen molar-refractivity contribution in [3.63, 3.8) is 0 Å². The van der Waals surface area contributed by atoms with Crippen LogP contribution in [0.15, 0.2) is 60.8 Å². The number of anilines is 1. The minimum Gasteiger partial charge on any atom is -0.483 e. The summed E-state index contributed by atoms with van der Waals surface area (Å²) in [5.74, 6) is 0.975. The largest absolute Gasteiger partial charge is 0.483 e. The molecule has 0 radical (unpaired) electrons. The zero-order valence-corrected chi connectivity index (χ0v) is 13.7. The van der Waals surface area contributed by atoms with E-state index in [1.54, 1.807) is 16.9 Å². The number of hydrogen-bond donors (Lipinski definition) is 1. The molecule has 0 aliphatic heterocycles. The van der Waals surface area contributed by atoms with Crippen molar-refractivity contribution >= 4 is 11.7 Å². The van der Waals surface area contributed by atoms with Crippen molar-refractivity contribution < 1.29 is 9.53 Å². The van der Waals surface area contributed by atoms with Gasteiger partial charge in [-0.1, -0.05) is 30.3 Å². The summed E-state index contributed by atoms with van der Waals surface area (Å²) < 4.78 is 7.31. The van der Waals surface area contributed by atoms with Crippen LogP contribution >= 0.6 is 0 Å². The average molecular weight is 321 g/mol. The van der Waals surface area contributed by atoms with Crippen LogP contribution in [-0.2, 0) is 4.79 Å². The van der Waals surface area contributed by atoms with Crippen molar-refractivity contribution in [3.05, 3.63) is 71.9 Å². The highest BCUT2D eigenvalue weighted by molar-refractivity contribution is 5.90. The van der Waals surface area contributed by atoms with Crippen LogP contribution < -0.4 is 10.1 Å². The van der Waals surface area contributed by atoms with E-state index in [1.165, 1.54) is 0 Å². The molecule has 122 valence electrons. The maximum absolute atomic E-state index is 12.0. The minimum atomic E-state index is -0.241. The van der Waals surface area contributed by atoms with Gasteiger partial charge in [-0.3, -0.25) is 4.79 Å². The summed E-state index contributed by atoms with van der Waals surface area (Å²) in [4.78, 5) is 12.0. The van der Waals surface area contributed by atoms with Gasteiger partial charge in [-0.2, -0.15) is 5.10 Å². The Morgan fingerprint density at radius 3 is 2.67 bits per heavy atom. The van der Waals surface area contributed by atoms with E-state index in [1.807, 2.05) is 62.4 Å². The standard InChI is InChI=1S/C19H19N3O2/c1-14-7-6-10-17(15(14)2)24-13-19(23)20-18-11-12-22(21-18)16-8-4-3-5-9-16/h3-12H,13H2,1-2H3,(H,20,21,23). The molecule has 5 heteroatoms. The molecular weight excluding hydrogens is 302 g/mol. The minimum absolute atomic E-state index is 0.0531. The molecule has 0 aliphatic rings. The molecule has 1 amide bonds. The first-order valence-corrected chi connectivity index (χ1v) is 7.73. The van der Waals surface area contributed by atoms with Crippen molar-refractivity contribution in [2.45, 2.75) is 13.8 Å². The van der Waals surface area contributed by atoms with Gasteiger partial charge < -0.3 is 10.1 Å². The highest BCUT2D eigenvalue weighted by Crippen LogP contribution is 2.20. The number of nitrogens with zero attached hydrogens (tertiary/aromatic N) is 2. The average Bonchev–Trinajstić information content (AvgIpc) is 3.05. The molecule has 0 aliphatic carbocycles. The fourth-order valence-corrected chi connectivity index (χ4v) is 2.32. The Labute approximate surface area is 140 Å². The zero-order chi connectivity index (χ0) is 16.9. The van der Waals surface area contributed by atoms with E-state index in [2.05, 4.69) is 10.4 Å². The smallest absolute Gasteiger partial charge is 0.263 e. The Morgan fingerprint density at radius 1 is 1.08 bits per heavy atom. The lowest BCUT2D eigenvalue weighted by Crippen LogP contribution is -2.20. The van der Waals surface area contributed by atoms with Crippen molar-refractivity contribution in [2.24, 2.45) is 0 Å². The Balaban J connectivity index is 1.59. The van der Waals surface area contributed by atoms with Gasteiger partial charge in [0, 0.05) is 12.3 Å². The highest BCUT2D eigenvalue weighted by atomic mass is 16.5. The summed E-state index contributed by atoms with van der Waals surface area (Å²) in [5.41, 5.74) is 3.11. The van der Waals surface area contributed by atoms with Gasteiger partial charge in [0.25, 0.3) is 5.91 Å². The van der Waals surface area contributed by atoms with Crippen LogP contribution in [0.4, 0.5) is 5.82 Å².